The quantitative estimate of drug-likeness (QED) is 0.508. The number of halogens is 1. The van der Waals surface area contributed by atoms with Gasteiger partial charge in [0.25, 0.3) is 11.6 Å². The summed E-state index contributed by atoms with van der Waals surface area (Å²) in [5, 5.41) is 17.1. The summed E-state index contributed by atoms with van der Waals surface area (Å²) in [6.45, 7) is 1.65. The standard InChI is InChI=1S/C11H10ClN5O3/c1-6-9(12)10(16(13)15-6)14-11(18)7-2-4-8(5-3-7)17(19)20/h2-5H,13H2,1H3,(H,14,18). The second-order valence-corrected chi connectivity index (χ2v) is 4.33. The molecule has 0 atom stereocenters. The number of nitro benzene ring substituents is 1. The fourth-order valence-electron chi connectivity index (χ4n) is 1.55. The molecule has 1 aromatic carbocycles. The molecule has 0 radical (unpaired) electrons. The van der Waals surface area contributed by atoms with Crippen LogP contribution in [-0.4, -0.2) is 20.7 Å². The van der Waals surface area contributed by atoms with E-state index >= 15 is 0 Å². The van der Waals surface area contributed by atoms with Gasteiger partial charge in [-0.15, -0.1) is 0 Å². The van der Waals surface area contributed by atoms with Gasteiger partial charge in [0.1, 0.15) is 5.02 Å². The molecule has 0 aliphatic rings. The average Bonchev–Trinajstić information content (AvgIpc) is 2.65. The van der Waals surface area contributed by atoms with Gasteiger partial charge in [0.15, 0.2) is 5.82 Å². The number of carbonyl (C=O) groups excluding carboxylic acids is 1. The van der Waals surface area contributed by atoms with Crippen molar-refractivity contribution in [3.05, 3.63) is 50.7 Å². The molecule has 104 valence electrons. The van der Waals surface area contributed by atoms with Crippen LogP contribution in [0.2, 0.25) is 5.02 Å². The summed E-state index contributed by atoms with van der Waals surface area (Å²) in [5.74, 6) is 5.22. The molecule has 0 saturated heterocycles. The smallest absolute Gasteiger partial charge is 0.269 e. The minimum absolute atomic E-state index is 0.0979. The number of hydrogen-bond donors (Lipinski definition) is 2. The third kappa shape index (κ3) is 2.54. The number of nitrogens with two attached hydrogens (primary N) is 1. The highest BCUT2D eigenvalue weighted by Gasteiger charge is 2.16. The molecule has 9 heteroatoms. The Balaban J connectivity index is 2.22. The molecule has 1 aromatic heterocycles. The second-order valence-electron chi connectivity index (χ2n) is 3.95. The molecule has 0 fully saturated rings. The predicted octanol–water partition coefficient (Wildman–Crippen LogP) is 1.72. The molecule has 0 spiro atoms. The largest absolute Gasteiger partial charge is 0.321 e. The van der Waals surface area contributed by atoms with Crippen LogP contribution >= 0.6 is 11.6 Å². The monoisotopic (exact) mass is 295 g/mol. The van der Waals surface area contributed by atoms with Gasteiger partial charge in [0, 0.05) is 17.7 Å². The van der Waals surface area contributed by atoms with Crippen molar-refractivity contribution >= 4 is 29.0 Å². The first-order valence-electron chi connectivity index (χ1n) is 5.46. The van der Waals surface area contributed by atoms with Crippen molar-refractivity contribution in [1.82, 2.24) is 9.89 Å². The molecule has 0 unspecified atom stereocenters. The third-order valence-electron chi connectivity index (χ3n) is 2.58. The zero-order chi connectivity index (χ0) is 14.9. The minimum atomic E-state index is -0.545. The molecule has 2 rings (SSSR count). The lowest BCUT2D eigenvalue weighted by atomic mass is 10.2. The molecule has 0 bridgehead atoms. The molecule has 0 aliphatic heterocycles. The van der Waals surface area contributed by atoms with E-state index in [0.717, 1.165) is 4.79 Å². The van der Waals surface area contributed by atoms with Crippen LogP contribution in [0.15, 0.2) is 24.3 Å². The van der Waals surface area contributed by atoms with E-state index in [-0.39, 0.29) is 22.1 Å². The number of nitrogens with zero attached hydrogens (tertiary/aromatic N) is 3. The highest BCUT2D eigenvalue weighted by atomic mass is 35.5. The lowest BCUT2D eigenvalue weighted by molar-refractivity contribution is -0.384. The van der Waals surface area contributed by atoms with Crippen LogP contribution in [-0.2, 0) is 0 Å². The average molecular weight is 296 g/mol. The molecule has 0 saturated carbocycles. The minimum Gasteiger partial charge on any atom is -0.321 e. The van der Waals surface area contributed by atoms with Crippen molar-refractivity contribution in [2.75, 3.05) is 11.2 Å². The molecule has 1 heterocycles. The Bertz CT molecular complexity index is 680. The molecular formula is C11H10ClN5O3. The number of anilines is 1. The number of nitro groups is 1. The Morgan fingerprint density at radius 3 is 2.50 bits per heavy atom. The first kappa shape index (κ1) is 13.8. The topological polar surface area (TPSA) is 116 Å². The summed E-state index contributed by atoms with van der Waals surface area (Å²) in [6.07, 6.45) is 0. The zero-order valence-electron chi connectivity index (χ0n) is 10.3. The van der Waals surface area contributed by atoms with E-state index in [0.29, 0.717) is 5.69 Å². The van der Waals surface area contributed by atoms with Gasteiger partial charge in [-0.25, -0.2) is 0 Å². The van der Waals surface area contributed by atoms with E-state index in [2.05, 4.69) is 10.4 Å². The molecular weight excluding hydrogens is 286 g/mol. The van der Waals surface area contributed by atoms with E-state index in [1.807, 2.05) is 0 Å². The summed E-state index contributed by atoms with van der Waals surface area (Å²) >= 11 is 5.95. The number of nitrogen functional groups attached to an aromatic ring is 1. The van der Waals surface area contributed by atoms with Crippen LogP contribution in [0.25, 0.3) is 0 Å². The number of aromatic nitrogens is 2. The van der Waals surface area contributed by atoms with E-state index in [4.69, 9.17) is 17.4 Å². The summed E-state index contributed by atoms with van der Waals surface area (Å²) in [5.41, 5.74) is 0.623. The van der Waals surface area contributed by atoms with E-state index < -0.39 is 10.8 Å². The van der Waals surface area contributed by atoms with Gasteiger partial charge in [0.05, 0.1) is 10.6 Å². The number of non-ortho nitro benzene ring substituents is 1. The highest BCUT2D eigenvalue weighted by molar-refractivity contribution is 6.34. The van der Waals surface area contributed by atoms with Crippen molar-refractivity contribution < 1.29 is 9.72 Å². The lowest BCUT2D eigenvalue weighted by Crippen LogP contribution is -2.19. The predicted molar refractivity (Wildman–Crippen MR) is 73.2 cm³/mol. The highest BCUT2D eigenvalue weighted by Crippen LogP contribution is 2.24. The van der Waals surface area contributed by atoms with Gasteiger partial charge >= 0.3 is 0 Å². The van der Waals surface area contributed by atoms with Crippen molar-refractivity contribution in [1.29, 1.82) is 0 Å². The number of amides is 1. The number of rotatable bonds is 3. The van der Waals surface area contributed by atoms with Crippen LogP contribution in [0.4, 0.5) is 11.5 Å². The van der Waals surface area contributed by atoms with Crippen LogP contribution < -0.4 is 11.2 Å². The molecule has 2 aromatic rings. The number of benzene rings is 1. The SMILES string of the molecule is Cc1nn(N)c(NC(=O)c2ccc([N+](=O)[O-])cc2)c1Cl. The Labute approximate surface area is 118 Å². The normalized spacial score (nSPS) is 10.3. The third-order valence-corrected chi connectivity index (χ3v) is 3.04. The number of hydrogen-bond acceptors (Lipinski definition) is 5. The van der Waals surface area contributed by atoms with Gasteiger partial charge in [-0.2, -0.15) is 9.89 Å². The van der Waals surface area contributed by atoms with Crippen molar-refractivity contribution in [3.63, 3.8) is 0 Å². The second kappa shape index (κ2) is 5.17. The van der Waals surface area contributed by atoms with E-state index in [9.17, 15) is 14.9 Å². The fraction of sp³-hybridized carbons (Fsp3) is 0.0909. The van der Waals surface area contributed by atoms with Gasteiger partial charge < -0.3 is 11.2 Å². The summed E-state index contributed by atoms with van der Waals surface area (Å²) in [4.78, 5) is 22.9. The molecule has 20 heavy (non-hydrogen) atoms. The number of aryl methyl sites for hydroxylation is 1. The Hall–Kier alpha value is -2.61. The van der Waals surface area contributed by atoms with E-state index in [1.165, 1.54) is 24.3 Å². The molecule has 1 amide bonds. The zero-order valence-corrected chi connectivity index (χ0v) is 11.1. The van der Waals surface area contributed by atoms with Crippen LogP contribution in [0.5, 0.6) is 0 Å². The summed E-state index contributed by atoms with van der Waals surface area (Å²) in [6, 6.07) is 5.15. The maximum atomic E-state index is 12.0. The van der Waals surface area contributed by atoms with Crippen molar-refractivity contribution in [3.8, 4) is 0 Å². The van der Waals surface area contributed by atoms with E-state index in [1.54, 1.807) is 6.92 Å². The van der Waals surface area contributed by atoms with Gasteiger partial charge in [0.2, 0.25) is 0 Å². The molecule has 0 aliphatic carbocycles. The van der Waals surface area contributed by atoms with Gasteiger partial charge in [-0.05, 0) is 19.1 Å². The van der Waals surface area contributed by atoms with Gasteiger partial charge in [-0.3, -0.25) is 14.9 Å². The summed E-state index contributed by atoms with van der Waals surface area (Å²) in [7, 11) is 0. The number of carbonyl (C=O) groups is 1. The van der Waals surface area contributed by atoms with Crippen LogP contribution in [0, 0.1) is 17.0 Å². The maximum Gasteiger partial charge on any atom is 0.269 e. The molecule has 8 nitrogen and oxygen atoms in total. The Kier molecular flexibility index (Phi) is 3.57. The van der Waals surface area contributed by atoms with Crippen molar-refractivity contribution in [2.45, 2.75) is 6.92 Å². The summed E-state index contributed by atoms with van der Waals surface area (Å²) < 4.78 is 0. The Morgan fingerprint density at radius 2 is 2.05 bits per heavy atom. The lowest BCUT2D eigenvalue weighted by Gasteiger charge is -2.05. The fourth-order valence-corrected chi connectivity index (χ4v) is 1.73. The Morgan fingerprint density at radius 1 is 1.45 bits per heavy atom. The maximum absolute atomic E-state index is 12.0. The number of nitrogens with one attached hydrogen (secondary N) is 1. The molecule has 3 N–H and O–H groups in total. The van der Waals surface area contributed by atoms with Gasteiger partial charge in [-0.1, -0.05) is 11.6 Å². The van der Waals surface area contributed by atoms with Crippen LogP contribution in [0.3, 0.4) is 0 Å². The van der Waals surface area contributed by atoms with Crippen LogP contribution in [0.1, 0.15) is 16.1 Å². The first-order chi connectivity index (χ1) is 9.40. The van der Waals surface area contributed by atoms with Crippen molar-refractivity contribution in [2.24, 2.45) is 0 Å². The first-order valence-corrected chi connectivity index (χ1v) is 5.84.